The average molecular weight is 235 g/mol. The fraction of sp³-hybridized carbons (Fsp3) is 0.375. The van der Waals surface area contributed by atoms with Gasteiger partial charge in [0.1, 0.15) is 5.69 Å². The van der Waals surface area contributed by atoms with E-state index in [1.54, 1.807) is 0 Å². The Morgan fingerprint density at radius 3 is 2.38 bits per heavy atom. The van der Waals surface area contributed by atoms with Crippen LogP contribution < -0.4 is 0 Å². The number of aromatic nitrogens is 2. The van der Waals surface area contributed by atoms with Crippen LogP contribution >= 0.6 is 0 Å². The normalized spacial score (nSPS) is 11.3. The largest absolute Gasteiger partial charge is 0.434 e. The summed E-state index contributed by atoms with van der Waals surface area (Å²) < 4.78 is 36.4. The molecule has 0 radical (unpaired) electrons. The molecule has 8 heteroatoms. The van der Waals surface area contributed by atoms with Gasteiger partial charge in [-0.05, 0) is 0 Å². The van der Waals surface area contributed by atoms with Crippen molar-refractivity contribution in [3.05, 3.63) is 23.8 Å². The fourth-order valence-electron chi connectivity index (χ4n) is 0.829. The van der Waals surface area contributed by atoms with E-state index in [0.29, 0.717) is 6.20 Å². The summed E-state index contributed by atoms with van der Waals surface area (Å²) in [6.45, 7) is 0. The van der Waals surface area contributed by atoms with Gasteiger partial charge in [-0.15, -0.1) is 0 Å². The third-order valence-corrected chi connectivity index (χ3v) is 1.72. The monoisotopic (exact) mass is 235 g/mol. The van der Waals surface area contributed by atoms with E-state index in [2.05, 4.69) is 14.8 Å². The minimum Gasteiger partial charge on any atom is -0.274 e. The third-order valence-electron chi connectivity index (χ3n) is 1.72. The maximum absolute atomic E-state index is 12.1. The molecule has 0 aliphatic rings. The first-order valence-corrected chi connectivity index (χ1v) is 4.07. The van der Waals surface area contributed by atoms with E-state index >= 15 is 0 Å². The van der Waals surface area contributed by atoms with Crippen LogP contribution in [0.25, 0.3) is 0 Å². The van der Waals surface area contributed by atoms with E-state index in [1.165, 1.54) is 14.2 Å². The van der Waals surface area contributed by atoms with E-state index < -0.39 is 17.8 Å². The standard InChI is InChI=1S/C8H8F3N3O2/c1-14(16-2)7(15)5-3-13-6(4-12-5)8(9,10)11/h3-4H,1-2H3. The molecule has 0 bridgehead atoms. The molecule has 0 spiro atoms. The number of hydrogen-bond acceptors (Lipinski definition) is 4. The van der Waals surface area contributed by atoms with E-state index in [4.69, 9.17) is 0 Å². The molecule has 0 saturated heterocycles. The molecule has 5 nitrogen and oxygen atoms in total. The summed E-state index contributed by atoms with van der Waals surface area (Å²) in [5.41, 5.74) is -1.37. The van der Waals surface area contributed by atoms with Crippen LogP contribution in [0, 0.1) is 0 Å². The molecule has 0 aliphatic heterocycles. The van der Waals surface area contributed by atoms with Crippen LogP contribution in [0.3, 0.4) is 0 Å². The van der Waals surface area contributed by atoms with Crippen LogP contribution in [0.5, 0.6) is 0 Å². The molecule has 1 rings (SSSR count). The first-order valence-electron chi connectivity index (χ1n) is 4.07. The lowest BCUT2D eigenvalue weighted by molar-refractivity contribution is -0.141. The van der Waals surface area contributed by atoms with Crippen molar-refractivity contribution in [1.29, 1.82) is 0 Å². The van der Waals surface area contributed by atoms with Gasteiger partial charge in [-0.25, -0.2) is 15.0 Å². The third kappa shape index (κ3) is 2.66. The van der Waals surface area contributed by atoms with Gasteiger partial charge in [-0.3, -0.25) is 9.63 Å². The molecule has 0 fully saturated rings. The molecule has 88 valence electrons. The molecule has 0 aliphatic carbocycles. The van der Waals surface area contributed by atoms with Gasteiger partial charge >= 0.3 is 6.18 Å². The van der Waals surface area contributed by atoms with Gasteiger partial charge in [0, 0.05) is 7.05 Å². The number of hydrogen-bond donors (Lipinski definition) is 0. The number of alkyl halides is 3. The number of halogens is 3. The van der Waals surface area contributed by atoms with Crippen molar-refractivity contribution in [3.63, 3.8) is 0 Å². The van der Waals surface area contributed by atoms with E-state index in [-0.39, 0.29) is 5.69 Å². The minimum absolute atomic E-state index is 0.225. The van der Waals surface area contributed by atoms with Gasteiger partial charge in [0.15, 0.2) is 5.69 Å². The second kappa shape index (κ2) is 4.44. The number of rotatable bonds is 2. The molecule has 0 unspecified atom stereocenters. The molecule has 0 aromatic carbocycles. The Morgan fingerprint density at radius 2 is 2.00 bits per heavy atom. The van der Waals surface area contributed by atoms with Crippen molar-refractivity contribution >= 4 is 5.91 Å². The van der Waals surface area contributed by atoms with Gasteiger partial charge in [-0.2, -0.15) is 13.2 Å². The molecule has 16 heavy (non-hydrogen) atoms. The highest BCUT2D eigenvalue weighted by Gasteiger charge is 2.33. The molecule has 1 aromatic heterocycles. The fourth-order valence-corrected chi connectivity index (χ4v) is 0.829. The first kappa shape index (κ1) is 12.4. The molecule has 0 saturated carbocycles. The van der Waals surface area contributed by atoms with Crippen molar-refractivity contribution in [3.8, 4) is 0 Å². The van der Waals surface area contributed by atoms with Crippen molar-refractivity contribution in [2.45, 2.75) is 6.18 Å². The Morgan fingerprint density at radius 1 is 1.38 bits per heavy atom. The molecule has 0 N–H and O–H groups in total. The van der Waals surface area contributed by atoms with Crippen molar-refractivity contribution in [2.75, 3.05) is 14.2 Å². The van der Waals surface area contributed by atoms with Crippen LogP contribution in [0.15, 0.2) is 12.4 Å². The highest BCUT2D eigenvalue weighted by molar-refractivity contribution is 5.90. The molecular weight excluding hydrogens is 227 g/mol. The van der Waals surface area contributed by atoms with E-state index in [9.17, 15) is 18.0 Å². The second-order valence-corrected chi connectivity index (χ2v) is 2.77. The van der Waals surface area contributed by atoms with Crippen LogP contribution in [-0.2, 0) is 11.0 Å². The van der Waals surface area contributed by atoms with Gasteiger partial charge < -0.3 is 0 Å². The Kier molecular flexibility index (Phi) is 3.43. The first-order chi connectivity index (χ1) is 7.36. The Balaban J connectivity index is 2.91. The molecule has 1 heterocycles. The van der Waals surface area contributed by atoms with Crippen LogP contribution in [0.4, 0.5) is 13.2 Å². The lowest BCUT2D eigenvalue weighted by Crippen LogP contribution is -2.26. The Hall–Kier alpha value is -1.70. The summed E-state index contributed by atoms with van der Waals surface area (Å²) in [5, 5.41) is 0.831. The topological polar surface area (TPSA) is 55.3 Å². The zero-order chi connectivity index (χ0) is 12.3. The molecular formula is C8H8F3N3O2. The van der Waals surface area contributed by atoms with Crippen molar-refractivity contribution < 1.29 is 22.8 Å². The number of nitrogens with zero attached hydrogens (tertiary/aromatic N) is 3. The van der Waals surface area contributed by atoms with E-state index in [0.717, 1.165) is 11.3 Å². The van der Waals surface area contributed by atoms with Gasteiger partial charge in [0.05, 0.1) is 19.5 Å². The van der Waals surface area contributed by atoms with Crippen molar-refractivity contribution in [1.82, 2.24) is 15.0 Å². The van der Waals surface area contributed by atoms with E-state index in [1.807, 2.05) is 0 Å². The van der Waals surface area contributed by atoms with Gasteiger partial charge in [-0.1, -0.05) is 0 Å². The lowest BCUT2D eigenvalue weighted by atomic mass is 10.4. The predicted octanol–water partition coefficient (Wildman–Crippen LogP) is 1.13. The predicted molar refractivity (Wildman–Crippen MR) is 46.1 cm³/mol. The van der Waals surface area contributed by atoms with Gasteiger partial charge in [0.2, 0.25) is 0 Å². The summed E-state index contributed by atoms with van der Waals surface area (Å²) >= 11 is 0. The summed E-state index contributed by atoms with van der Waals surface area (Å²) in [4.78, 5) is 22.4. The average Bonchev–Trinajstić information content (AvgIpc) is 2.26. The maximum Gasteiger partial charge on any atom is 0.434 e. The van der Waals surface area contributed by atoms with Crippen molar-refractivity contribution in [2.24, 2.45) is 0 Å². The summed E-state index contributed by atoms with van der Waals surface area (Å²) in [6.07, 6.45) is -3.32. The smallest absolute Gasteiger partial charge is 0.274 e. The number of carbonyl (C=O) groups excluding carboxylic acids is 1. The molecule has 1 aromatic rings. The number of carbonyl (C=O) groups is 1. The quantitative estimate of drug-likeness (QED) is 0.721. The summed E-state index contributed by atoms with van der Waals surface area (Å²) in [6, 6.07) is 0. The highest BCUT2D eigenvalue weighted by Crippen LogP contribution is 2.26. The second-order valence-electron chi connectivity index (χ2n) is 2.77. The van der Waals surface area contributed by atoms with Crippen LogP contribution in [0.1, 0.15) is 16.2 Å². The zero-order valence-electron chi connectivity index (χ0n) is 8.45. The lowest BCUT2D eigenvalue weighted by Gasteiger charge is -2.12. The van der Waals surface area contributed by atoms with Gasteiger partial charge in [0.25, 0.3) is 5.91 Å². The van der Waals surface area contributed by atoms with Crippen LogP contribution in [-0.4, -0.2) is 35.1 Å². The Bertz CT molecular complexity index is 377. The SMILES string of the molecule is CON(C)C(=O)c1cnc(C(F)(F)F)cn1. The number of amides is 1. The minimum atomic E-state index is -4.57. The summed E-state index contributed by atoms with van der Waals surface area (Å²) in [7, 11) is 2.55. The zero-order valence-corrected chi connectivity index (χ0v) is 8.45. The molecule has 0 atom stereocenters. The summed E-state index contributed by atoms with van der Waals surface area (Å²) in [5.74, 6) is -0.677. The molecule has 1 amide bonds. The number of hydroxylamine groups is 2. The Labute approximate surface area is 88.8 Å². The highest BCUT2D eigenvalue weighted by atomic mass is 19.4. The maximum atomic E-state index is 12.1. The van der Waals surface area contributed by atoms with Crippen LogP contribution in [0.2, 0.25) is 0 Å².